The number of benzene rings is 3. The van der Waals surface area contributed by atoms with Crippen molar-refractivity contribution in [3.8, 4) is 11.5 Å². The van der Waals surface area contributed by atoms with Gasteiger partial charge in [0.2, 0.25) is 0 Å². The predicted molar refractivity (Wildman–Crippen MR) is 130 cm³/mol. The highest BCUT2D eigenvalue weighted by atomic mass is 19.1. The average molecular weight is 457 g/mol. The van der Waals surface area contributed by atoms with Gasteiger partial charge in [-0.15, -0.1) is 0 Å². The number of carbonyl (C=O) groups is 1. The fourth-order valence-electron chi connectivity index (χ4n) is 4.02. The van der Waals surface area contributed by atoms with Gasteiger partial charge in [0.15, 0.2) is 0 Å². The minimum Gasteiger partial charge on any atom is -0.457 e. The van der Waals surface area contributed by atoms with Gasteiger partial charge in [-0.25, -0.2) is 9.37 Å². The molecule has 0 radical (unpaired) electrons. The number of ether oxygens (including phenoxy) is 1. The molecule has 0 unspecified atom stereocenters. The molecule has 1 aliphatic heterocycles. The van der Waals surface area contributed by atoms with Gasteiger partial charge >= 0.3 is 0 Å². The number of anilines is 1. The highest BCUT2D eigenvalue weighted by Gasteiger charge is 2.13. The Morgan fingerprint density at radius 2 is 1.53 bits per heavy atom. The van der Waals surface area contributed by atoms with Crippen LogP contribution >= 0.6 is 0 Å². The van der Waals surface area contributed by atoms with Crippen LogP contribution in [0, 0.1) is 5.82 Å². The molecule has 7 heteroatoms. The summed E-state index contributed by atoms with van der Waals surface area (Å²) in [4.78, 5) is 23.9. The van der Waals surface area contributed by atoms with Crippen LogP contribution < -0.4 is 15.0 Å². The minimum atomic E-state index is -0.301. The summed E-state index contributed by atoms with van der Waals surface area (Å²) in [6, 6.07) is 19.2. The molecule has 2 heterocycles. The van der Waals surface area contributed by atoms with Crippen LogP contribution in [0.2, 0.25) is 0 Å². The van der Waals surface area contributed by atoms with Crippen molar-refractivity contribution >= 4 is 22.6 Å². The van der Waals surface area contributed by atoms with E-state index in [-0.39, 0.29) is 18.0 Å². The molecule has 0 saturated carbocycles. The van der Waals surface area contributed by atoms with Crippen LogP contribution in [0.1, 0.15) is 11.1 Å². The Morgan fingerprint density at radius 1 is 0.882 bits per heavy atom. The van der Waals surface area contributed by atoms with Crippen molar-refractivity contribution in [2.24, 2.45) is 0 Å². The molecule has 172 valence electrons. The van der Waals surface area contributed by atoms with Gasteiger partial charge in [-0.05, 0) is 47.5 Å². The maximum Gasteiger partial charge on any atom is 0.147 e. The van der Waals surface area contributed by atoms with Crippen LogP contribution in [0.4, 0.5) is 10.2 Å². The second-order valence-electron chi connectivity index (χ2n) is 8.38. The molecule has 0 atom stereocenters. The topological polar surface area (TPSA) is 67.3 Å². The van der Waals surface area contributed by atoms with Crippen LogP contribution in [-0.2, 0) is 17.6 Å². The van der Waals surface area contributed by atoms with Gasteiger partial charge in [-0.2, -0.15) is 0 Å². The van der Waals surface area contributed by atoms with Crippen molar-refractivity contribution in [1.82, 2.24) is 15.3 Å². The normalized spacial score (nSPS) is 13.7. The third-order valence-corrected chi connectivity index (χ3v) is 5.82. The number of hydrogen-bond acceptors (Lipinski definition) is 6. The highest BCUT2D eigenvalue weighted by molar-refractivity contribution is 5.83. The number of rotatable bonds is 7. The first-order chi connectivity index (χ1) is 16.6. The van der Waals surface area contributed by atoms with Crippen molar-refractivity contribution < 1.29 is 13.9 Å². The molecule has 4 aromatic rings. The zero-order chi connectivity index (χ0) is 23.3. The first-order valence-corrected chi connectivity index (χ1v) is 11.4. The molecule has 1 N–H and O–H groups in total. The van der Waals surface area contributed by atoms with Crippen molar-refractivity contribution in [3.05, 3.63) is 89.9 Å². The fourth-order valence-corrected chi connectivity index (χ4v) is 4.02. The van der Waals surface area contributed by atoms with E-state index in [4.69, 9.17) is 9.72 Å². The number of aromatic nitrogens is 2. The summed E-state index contributed by atoms with van der Waals surface area (Å²) in [6.45, 7) is 3.71. The van der Waals surface area contributed by atoms with E-state index in [1.807, 2.05) is 48.7 Å². The van der Waals surface area contributed by atoms with E-state index >= 15 is 0 Å². The van der Waals surface area contributed by atoms with Gasteiger partial charge in [-0.1, -0.05) is 24.3 Å². The van der Waals surface area contributed by atoms with E-state index in [2.05, 4.69) is 15.2 Å². The number of ketones is 1. The van der Waals surface area contributed by atoms with E-state index in [1.165, 1.54) is 12.1 Å². The number of fused-ring (bicyclic) bond motifs is 1. The van der Waals surface area contributed by atoms with E-state index in [1.54, 1.807) is 12.1 Å². The number of nitrogens with zero attached hydrogens (tertiary/aromatic N) is 3. The van der Waals surface area contributed by atoms with Crippen molar-refractivity contribution in [2.75, 3.05) is 31.1 Å². The molecular weight excluding hydrogens is 431 g/mol. The lowest BCUT2D eigenvalue weighted by Gasteiger charge is -2.28. The SMILES string of the molecule is O=C(Cc1ccc(F)cc1)Cc1ccc(Oc2ccc3ncc(N4CCNCC4)nc3c2)cc1. The third kappa shape index (κ3) is 5.38. The van der Waals surface area contributed by atoms with Gasteiger partial charge in [0.05, 0.1) is 17.2 Å². The van der Waals surface area contributed by atoms with E-state index in [0.29, 0.717) is 17.9 Å². The maximum absolute atomic E-state index is 13.0. The zero-order valence-electron chi connectivity index (χ0n) is 18.7. The minimum absolute atomic E-state index is 0.0775. The van der Waals surface area contributed by atoms with Gasteiger partial charge in [0.1, 0.15) is 28.9 Å². The summed E-state index contributed by atoms with van der Waals surface area (Å²) in [5, 5.41) is 3.34. The Kier molecular flexibility index (Phi) is 6.44. The van der Waals surface area contributed by atoms with E-state index in [0.717, 1.165) is 54.2 Å². The number of hydrogen-bond donors (Lipinski definition) is 1. The van der Waals surface area contributed by atoms with E-state index < -0.39 is 0 Å². The van der Waals surface area contributed by atoms with Gasteiger partial charge < -0.3 is 15.0 Å². The van der Waals surface area contributed by atoms with Gasteiger partial charge in [0.25, 0.3) is 0 Å². The Hall–Kier alpha value is -3.84. The Labute approximate surface area is 197 Å². The summed E-state index contributed by atoms with van der Waals surface area (Å²) >= 11 is 0. The fraction of sp³-hybridized carbons (Fsp3) is 0.222. The molecule has 34 heavy (non-hydrogen) atoms. The molecule has 3 aromatic carbocycles. The summed E-state index contributed by atoms with van der Waals surface area (Å²) in [7, 11) is 0. The molecule has 1 saturated heterocycles. The first kappa shape index (κ1) is 22.0. The van der Waals surface area contributed by atoms with Crippen LogP contribution in [0.15, 0.2) is 72.9 Å². The molecular formula is C27H25FN4O2. The number of piperazine rings is 1. The number of carbonyl (C=O) groups excluding carboxylic acids is 1. The van der Waals surface area contributed by atoms with Crippen molar-refractivity contribution in [1.29, 1.82) is 0 Å². The lowest BCUT2D eigenvalue weighted by Crippen LogP contribution is -2.43. The summed E-state index contributed by atoms with van der Waals surface area (Å²) in [5.41, 5.74) is 3.33. The smallest absolute Gasteiger partial charge is 0.147 e. The lowest BCUT2D eigenvalue weighted by molar-refractivity contribution is -0.117. The monoisotopic (exact) mass is 456 g/mol. The average Bonchev–Trinajstić information content (AvgIpc) is 2.87. The zero-order valence-corrected chi connectivity index (χ0v) is 18.7. The first-order valence-electron chi connectivity index (χ1n) is 11.4. The second kappa shape index (κ2) is 9.97. The lowest BCUT2D eigenvalue weighted by atomic mass is 10.0. The summed E-state index contributed by atoms with van der Waals surface area (Å²) in [6.07, 6.45) is 2.43. The van der Waals surface area contributed by atoms with Crippen LogP contribution in [0.25, 0.3) is 11.0 Å². The van der Waals surface area contributed by atoms with Crippen LogP contribution in [0.3, 0.4) is 0 Å². The second-order valence-corrected chi connectivity index (χ2v) is 8.38. The number of nitrogens with one attached hydrogen (secondary N) is 1. The van der Waals surface area contributed by atoms with Crippen molar-refractivity contribution in [2.45, 2.75) is 12.8 Å². The standard InChI is InChI=1S/C27H25FN4O2/c28-21-5-1-19(2-6-21)15-22(33)16-20-3-7-23(8-4-20)34-24-9-10-25-26(17-24)31-27(18-30-25)32-13-11-29-12-14-32/h1-10,17-18,29H,11-16H2. The van der Waals surface area contributed by atoms with E-state index in [9.17, 15) is 9.18 Å². The Morgan fingerprint density at radius 3 is 2.24 bits per heavy atom. The van der Waals surface area contributed by atoms with Gasteiger partial charge in [0, 0.05) is 45.1 Å². The number of Topliss-reactive ketones (excluding diaryl/α,β-unsaturated/α-hetero) is 1. The molecule has 0 aliphatic carbocycles. The van der Waals surface area contributed by atoms with Crippen LogP contribution in [-0.4, -0.2) is 41.9 Å². The maximum atomic E-state index is 13.0. The highest BCUT2D eigenvalue weighted by Crippen LogP contribution is 2.26. The largest absolute Gasteiger partial charge is 0.457 e. The van der Waals surface area contributed by atoms with Crippen molar-refractivity contribution in [3.63, 3.8) is 0 Å². The molecule has 5 rings (SSSR count). The predicted octanol–water partition coefficient (Wildman–Crippen LogP) is 4.33. The third-order valence-electron chi connectivity index (χ3n) is 5.82. The van der Waals surface area contributed by atoms with Crippen LogP contribution in [0.5, 0.6) is 11.5 Å². The Balaban J connectivity index is 1.23. The summed E-state index contributed by atoms with van der Waals surface area (Å²) in [5.74, 6) is 2.01. The van der Waals surface area contributed by atoms with Gasteiger partial charge in [-0.3, -0.25) is 9.78 Å². The molecule has 1 fully saturated rings. The number of halogens is 1. The molecule has 6 nitrogen and oxygen atoms in total. The summed E-state index contributed by atoms with van der Waals surface area (Å²) < 4.78 is 19.1. The molecule has 0 bridgehead atoms. The quantitative estimate of drug-likeness (QED) is 0.447. The Bertz CT molecular complexity index is 1290. The molecule has 1 aliphatic rings. The molecule has 1 aromatic heterocycles. The molecule has 0 amide bonds. The molecule has 0 spiro atoms.